The number of carbonyl (C=O) groups excluding carboxylic acids is 2. The molecule has 2 aliphatic rings. The summed E-state index contributed by atoms with van der Waals surface area (Å²) in [4.78, 5) is 27.3. The van der Waals surface area contributed by atoms with Gasteiger partial charge in [0.2, 0.25) is 5.91 Å². The third-order valence-corrected chi connectivity index (χ3v) is 5.64. The molecular formula is C22H24N2O3. The standard InChI is InChI=1S/C22H24N2O3/c1-27-18-9-5-6-15(10-18)13-21(25)24-14-16-11-19(20(24)12-16)23-22(26)17-7-3-2-4-8-17/h2-10,16,19-20H,11-14H2,1H3,(H,23,26)/t16-,19+,20-/m1/s1. The lowest BCUT2D eigenvalue weighted by Crippen LogP contribution is -2.52. The Bertz CT molecular complexity index is 836. The Labute approximate surface area is 159 Å². The summed E-state index contributed by atoms with van der Waals surface area (Å²) >= 11 is 0. The predicted molar refractivity (Wildman–Crippen MR) is 103 cm³/mol. The van der Waals surface area contributed by atoms with Crippen molar-refractivity contribution in [2.24, 2.45) is 5.92 Å². The van der Waals surface area contributed by atoms with Gasteiger partial charge in [0.25, 0.3) is 5.91 Å². The number of nitrogens with one attached hydrogen (secondary N) is 1. The Morgan fingerprint density at radius 2 is 1.93 bits per heavy atom. The highest BCUT2D eigenvalue weighted by molar-refractivity contribution is 5.94. The second kappa shape index (κ2) is 7.43. The summed E-state index contributed by atoms with van der Waals surface area (Å²) in [5.41, 5.74) is 1.61. The first-order valence-corrected chi connectivity index (χ1v) is 9.42. The average molecular weight is 364 g/mol. The Hall–Kier alpha value is -2.82. The fraction of sp³-hybridized carbons (Fsp3) is 0.364. The Kier molecular flexibility index (Phi) is 4.84. The molecule has 2 aromatic rings. The monoisotopic (exact) mass is 364 g/mol. The number of methoxy groups -OCH3 is 1. The first kappa shape index (κ1) is 17.6. The van der Waals surface area contributed by atoms with Gasteiger partial charge in [-0.1, -0.05) is 30.3 Å². The highest BCUT2D eigenvalue weighted by atomic mass is 16.5. The largest absolute Gasteiger partial charge is 0.497 e. The van der Waals surface area contributed by atoms with Gasteiger partial charge in [0, 0.05) is 18.2 Å². The molecule has 140 valence electrons. The van der Waals surface area contributed by atoms with Crippen LogP contribution in [0.25, 0.3) is 0 Å². The van der Waals surface area contributed by atoms with Crippen LogP contribution in [0.4, 0.5) is 0 Å². The third kappa shape index (κ3) is 3.68. The van der Waals surface area contributed by atoms with E-state index in [0.29, 0.717) is 17.9 Å². The molecule has 5 heteroatoms. The van der Waals surface area contributed by atoms with E-state index in [9.17, 15) is 9.59 Å². The van der Waals surface area contributed by atoms with Gasteiger partial charge in [-0.05, 0) is 48.6 Å². The molecule has 2 fully saturated rings. The summed E-state index contributed by atoms with van der Waals surface area (Å²) in [6.45, 7) is 0.797. The first-order chi connectivity index (χ1) is 13.1. The van der Waals surface area contributed by atoms with Gasteiger partial charge in [-0.3, -0.25) is 9.59 Å². The summed E-state index contributed by atoms with van der Waals surface area (Å²) in [6, 6.07) is 17.0. The normalized spacial score (nSPS) is 23.3. The molecule has 0 radical (unpaired) electrons. The SMILES string of the molecule is COc1cccc(CC(=O)N2C[C@@H]3C[C@H](NC(=O)c4ccccc4)[C@H]2C3)c1. The summed E-state index contributed by atoms with van der Waals surface area (Å²) in [7, 11) is 1.63. The lowest BCUT2D eigenvalue weighted by Gasteiger charge is -2.34. The third-order valence-electron chi connectivity index (χ3n) is 5.64. The van der Waals surface area contributed by atoms with Gasteiger partial charge in [0.1, 0.15) is 5.75 Å². The van der Waals surface area contributed by atoms with Crippen LogP contribution in [-0.4, -0.2) is 42.5 Å². The lowest BCUT2D eigenvalue weighted by atomic mass is 10.0. The van der Waals surface area contributed by atoms with Gasteiger partial charge in [0.05, 0.1) is 19.6 Å². The quantitative estimate of drug-likeness (QED) is 0.887. The van der Waals surface area contributed by atoms with E-state index < -0.39 is 0 Å². The van der Waals surface area contributed by atoms with Crippen LogP contribution in [0.15, 0.2) is 54.6 Å². The molecular weight excluding hydrogens is 340 g/mol. The molecule has 5 nitrogen and oxygen atoms in total. The van der Waals surface area contributed by atoms with Crippen LogP contribution in [0.2, 0.25) is 0 Å². The van der Waals surface area contributed by atoms with Gasteiger partial charge >= 0.3 is 0 Å². The molecule has 2 amide bonds. The van der Waals surface area contributed by atoms with Gasteiger partial charge in [-0.15, -0.1) is 0 Å². The Balaban J connectivity index is 1.41. The lowest BCUT2D eigenvalue weighted by molar-refractivity contribution is -0.132. The summed E-state index contributed by atoms with van der Waals surface area (Å²) < 4.78 is 5.24. The van der Waals surface area contributed by atoms with Crippen LogP contribution in [0.5, 0.6) is 5.75 Å². The molecule has 0 spiro atoms. The van der Waals surface area contributed by atoms with E-state index in [2.05, 4.69) is 5.32 Å². The van der Waals surface area contributed by atoms with Crippen LogP contribution in [-0.2, 0) is 11.2 Å². The van der Waals surface area contributed by atoms with E-state index in [1.807, 2.05) is 59.5 Å². The van der Waals surface area contributed by atoms with E-state index >= 15 is 0 Å². The molecule has 0 unspecified atom stereocenters. The minimum atomic E-state index is -0.0617. The fourth-order valence-corrected chi connectivity index (χ4v) is 4.37. The number of hydrogen-bond donors (Lipinski definition) is 1. The maximum atomic E-state index is 12.9. The molecule has 4 rings (SSSR count). The maximum absolute atomic E-state index is 12.9. The number of hydrogen-bond acceptors (Lipinski definition) is 3. The minimum Gasteiger partial charge on any atom is -0.497 e. The molecule has 1 N–H and O–H groups in total. The number of rotatable bonds is 5. The fourth-order valence-electron chi connectivity index (χ4n) is 4.37. The molecule has 1 saturated carbocycles. The number of ether oxygens (including phenoxy) is 1. The average Bonchev–Trinajstić information content (AvgIpc) is 3.29. The molecule has 1 saturated heterocycles. The number of fused-ring (bicyclic) bond motifs is 2. The molecule has 1 aliphatic carbocycles. The predicted octanol–water partition coefficient (Wildman–Crippen LogP) is 2.66. The highest BCUT2D eigenvalue weighted by Crippen LogP contribution is 2.38. The van der Waals surface area contributed by atoms with Crippen molar-refractivity contribution in [3.05, 3.63) is 65.7 Å². The van der Waals surface area contributed by atoms with Crippen molar-refractivity contribution in [2.45, 2.75) is 31.3 Å². The van der Waals surface area contributed by atoms with E-state index in [1.54, 1.807) is 7.11 Å². The van der Waals surface area contributed by atoms with Crippen molar-refractivity contribution in [3.8, 4) is 5.75 Å². The number of piperidine rings is 1. The second-order valence-corrected chi connectivity index (χ2v) is 7.43. The van der Waals surface area contributed by atoms with Crippen molar-refractivity contribution in [1.82, 2.24) is 10.2 Å². The van der Waals surface area contributed by atoms with Gasteiger partial charge in [-0.2, -0.15) is 0 Å². The number of amides is 2. The van der Waals surface area contributed by atoms with Crippen molar-refractivity contribution in [3.63, 3.8) is 0 Å². The molecule has 2 aromatic carbocycles. The highest BCUT2D eigenvalue weighted by Gasteiger charge is 2.47. The molecule has 2 bridgehead atoms. The molecule has 27 heavy (non-hydrogen) atoms. The molecule has 1 heterocycles. The Morgan fingerprint density at radius 1 is 1.11 bits per heavy atom. The molecule has 1 aliphatic heterocycles. The molecule has 0 aromatic heterocycles. The topological polar surface area (TPSA) is 58.6 Å². The smallest absolute Gasteiger partial charge is 0.251 e. The number of carbonyl (C=O) groups is 2. The zero-order valence-electron chi connectivity index (χ0n) is 15.4. The van der Waals surface area contributed by atoms with Gasteiger partial charge < -0.3 is 15.0 Å². The van der Waals surface area contributed by atoms with Crippen LogP contribution < -0.4 is 10.1 Å². The van der Waals surface area contributed by atoms with Crippen LogP contribution in [0.3, 0.4) is 0 Å². The van der Waals surface area contributed by atoms with Crippen LogP contribution in [0, 0.1) is 5.92 Å². The Morgan fingerprint density at radius 3 is 2.67 bits per heavy atom. The number of likely N-dealkylation sites (tertiary alicyclic amines) is 1. The number of benzene rings is 2. The maximum Gasteiger partial charge on any atom is 0.251 e. The van der Waals surface area contributed by atoms with Crippen LogP contribution >= 0.6 is 0 Å². The summed E-state index contributed by atoms with van der Waals surface area (Å²) in [5, 5.41) is 3.14. The first-order valence-electron chi connectivity index (χ1n) is 9.42. The van der Waals surface area contributed by atoms with E-state index in [1.165, 1.54) is 0 Å². The van der Waals surface area contributed by atoms with Crippen molar-refractivity contribution in [2.75, 3.05) is 13.7 Å². The van der Waals surface area contributed by atoms with E-state index in [-0.39, 0.29) is 23.9 Å². The second-order valence-electron chi connectivity index (χ2n) is 7.43. The zero-order valence-corrected chi connectivity index (χ0v) is 15.4. The van der Waals surface area contributed by atoms with Crippen molar-refractivity contribution < 1.29 is 14.3 Å². The van der Waals surface area contributed by atoms with Crippen molar-refractivity contribution in [1.29, 1.82) is 0 Å². The van der Waals surface area contributed by atoms with Crippen LogP contribution in [0.1, 0.15) is 28.8 Å². The minimum absolute atomic E-state index is 0.0331. The molecule has 3 atom stereocenters. The zero-order chi connectivity index (χ0) is 18.8. The van der Waals surface area contributed by atoms with Gasteiger partial charge in [0.15, 0.2) is 0 Å². The van der Waals surface area contributed by atoms with E-state index in [0.717, 1.165) is 30.7 Å². The van der Waals surface area contributed by atoms with Crippen molar-refractivity contribution >= 4 is 11.8 Å². The van der Waals surface area contributed by atoms with Gasteiger partial charge in [-0.25, -0.2) is 0 Å². The summed E-state index contributed by atoms with van der Waals surface area (Å²) in [5.74, 6) is 1.30. The number of nitrogens with zero attached hydrogens (tertiary/aromatic N) is 1. The summed E-state index contributed by atoms with van der Waals surface area (Å²) in [6.07, 6.45) is 2.29. The van der Waals surface area contributed by atoms with E-state index in [4.69, 9.17) is 4.74 Å².